The van der Waals surface area contributed by atoms with Crippen LogP contribution in [0.15, 0.2) is 30.3 Å². The molecule has 0 saturated carbocycles. The molecule has 1 aromatic carbocycles. The van der Waals surface area contributed by atoms with Gasteiger partial charge in [0.25, 0.3) is 0 Å². The zero-order valence-corrected chi connectivity index (χ0v) is 10.3. The van der Waals surface area contributed by atoms with Crippen molar-refractivity contribution in [3.8, 4) is 0 Å². The Hall–Kier alpha value is -1.39. The minimum atomic E-state index is -1.02. The number of hydrogen-bond acceptors (Lipinski definition) is 3. The Morgan fingerprint density at radius 3 is 2.59 bits per heavy atom. The van der Waals surface area contributed by atoms with Crippen LogP contribution in [0.2, 0.25) is 0 Å². The van der Waals surface area contributed by atoms with Crippen LogP contribution in [-0.4, -0.2) is 36.9 Å². The van der Waals surface area contributed by atoms with E-state index in [9.17, 15) is 4.79 Å². The summed E-state index contributed by atoms with van der Waals surface area (Å²) in [7, 11) is 1.62. The molecule has 0 aliphatic rings. The molecule has 17 heavy (non-hydrogen) atoms. The summed E-state index contributed by atoms with van der Waals surface area (Å²) >= 11 is 0. The van der Waals surface area contributed by atoms with Gasteiger partial charge in [0.1, 0.15) is 5.54 Å². The van der Waals surface area contributed by atoms with Gasteiger partial charge in [-0.25, -0.2) is 0 Å². The lowest BCUT2D eigenvalue weighted by Gasteiger charge is -2.23. The molecule has 4 nitrogen and oxygen atoms in total. The van der Waals surface area contributed by atoms with Crippen molar-refractivity contribution in [2.75, 3.05) is 20.3 Å². The van der Waals surface area contributed by atoms with Crippen molar-refractivity contribution < 1.29 is 14.6 Å². The van der Waals surface area contributed by atoms with E-state index in [1.165, 1.54) is 5.56 Å². The zero-order valence-electron chi connectivity index (χ0n) is 10.3. The molecule has 0 amide bonds. The van der Waals surface area contributed by atoms with Gasteiger partial charge in [-0.05, 0) is 26.0 Å². The molecule has 2 N–H and O–H groups in total. The number of rotatable bonds is 7. The van der Waals surface area contributed by atoms with Crippen molar-refractivity contribution in [2.24, 2.45) is 0 Å². The molecule has 1 atom stereocenters. The molecule has 0 aromatic heterocycles. The molecule has 0 fully saturated rings. The second kappa shape index (κ2) is 6.37. The maximum atomic E-state index is 11.0. The lowest BCUT2D eigenvalue weighted by Crippen LogP contribution is -2.51. The number of carbonyl (C=O) groups is 1. The molecular weight excluding hydrogens is 218 g/mol. The van der Waals surface area contributed by atoms with Gasteiger partial charge in [-0.15, -0.1) is 0 Å². The molecule has 4 heteroatoms. The molecule has 1 rings (SSSR count). The third-order valence-corrected chi connectivity index (χ3v) is 2.79. The highest BCUT2D eigenvalue weighted by molar-refractivity contribution is 5.78. The van der Waals surface area contributed by atoms with Crippen LogP contribution < -0.4 is 5.32 Å². The van der Waals surface area contributed by atoms with E-state index in [0.717, 1.165) is 6.42 Å². The van der Waals surface area contributed by atoms with Gasteiger partial charge in [0, 0.05) is 0 Å². The van der Waals surface area contributed by atoms with Gasteiger partial charge in [0.2, 0.25) is 0 Å². The smallest absolute Gasteiger partial charge is 0.326 e. The third kappa shape index (κ3) is 4.17. The van der Waals surface area contributed by atoms with Crippen molar-refractivity contribution in [1.29, 1.82) is 0 Å². The zero-order chi connectivity index (χ0) is 12.7. The first-order chi connectivity index (χ1) is 8.08. The number of carboxylic acid groups (broad SMARTS) is 1. The Bertz CT molecular complexity index is 353. The average Bonchev–Trinajstić information content (AvgIpc) is 2.35. The Labute approximate surface area is 102 Å². The van der Waals surface area contributed by atoms with Crippen LogP contribution >= 0.6 is 0 Å². The van der Waals surface area contributed by atoms with Gasteiger partial charge < -0.3 is 15.2 Å². The average molecular weight is 237 g/mol. The first-order valence-electron chi connectivity index (χ1n) is 5.62. The first-order valence-corrected chi connectivity index (χ1v) is 5.62. The number of carboxylic acids is 1. The number of nitrogens with one attached hydrogen (secondary N) is 1. The van der Waals surface area contributed by atoms with E-state index in [2.05, 4.69) is 5.32 Å². The number of benzene rings is 1. The monoisotopic (exact) mass is 237 g/mol. The van der Waals surface area contributed by atoms with Gasteiger partial charge in [0.05, 0.1) is 13.2 Å². The fraction of sp³-hybridized carbons (Fsp3) is 0.462. The molecular formula is C13H19NO3. The number of ether oxygens (including phenoxy) is 1. The summed E-state index contributed by atoms with van der Waals surface area (Å²) in [6.45, 7) is 2.29. The van der Waals surface area contributed by atoms with Gasteiger partial charge in [-0.2, -0.15) is 0 Å². The normalized spacial score (nSPS) is 14.2. The molecule has 0 aliphatic heterocycles. The maximum absolute atomic E-state index is 11.0. The molecule has 94 valence electrons. The highest BCUT2D eigenvalue weighted by Crippen LogP contribution is 2.05. The van der Waals surface area contributed by atoms with Gasteiger partial charge in [0.15, 0.2) is 0 Å². The van der Waals surface area contributed by atoms with Crippen LogP contribution in [0.5, 0.6) is 0 Å². The van der Waals surface area contributed by atoms with Crippen molar-refractivity contribution in [1.82, 2.24) is 5.32 Å². The van der Waals surface area contributed by atoms with Crippen LogP contribution in [0, 0.1) is 0 Å². The van der Waals surface area contributed by atoms with E-state index in [1.807, 2.05) is 30.3 Å². The van der Waals surface area contributed by atoms with Crippen LogP contribution in [0.4, 0.5) is 0 Å². The summed E-state index contributed by atoms with van der Waals surface area (Å²) in [5.41, 5.74) is 0.172. The fourth-order valence-electron chi connectivity index (χ4n) is 1.35. The van der Waals surface area contributed by atoms with E-state index < -0.39 is 11.5 Å². The van der Waals surface area contributed by atoms with Crippen LogP contribution in [0.3, 0.4) is 0 Å². The SMILES string of the molecule is CNC(C)(COCCc1ccccc1)C(=O)O. The predicted octanol–water partition coefficient (Wildman–Crippen LogP) is 1.31. The Morgan fingerprint density at radius 1 is 1.41 bits per heavy atom. The van der Waals surface area contributed by atoms with Crippen molar-refractivity contribution >= 4 is 5.97 Å². The highest BCUT2D eigenvalue weighted by Gasteiger charge is 2.31. The Morgan fingerprint density at radius 2 is 2.06 bits per heavy atom. The Kier molecular flexibility index (Phi) is 5.12. The largest absolute Gasteiger partial charge is 0.480 e. The molecule has 0 aliphatic carbocycles. The minimum Gasteiger partial charge on any atom is -0.480 e. The molecule has 1 aromatic rings. The number of aliphatic carboxylic acids is 1. The summed E-state index contributed by atoms with van der Waals surface area (Å²) in [6.07, 6.45) is 0.792. The third-order valence-electron chi connectivity index (χ3n) is 2.79. The first kappa shape index (κ1) is 13.7. The van der Waals surface area contributed by atoms with E-state index in [1.54, 1.807) is 14.0 Å². The van der Waals surface area contributed by atoms with Crippen molar-refractivity contribution in [3.05, 3.63) is 35.9 Å². The molecule has 0 spiro atoms. The molecule has 0 radical (unpaired) electrons. The van der Waals surface area contributed by atoms with Crippen molar-refractivity contribution in [3.63, 3.8) is 0 Å². The van der Waals surface area contributed by atoms with E-state index >= 15 is 0 Å². The standard InChI is InChI=1S/C13H19NO3/c1-13(14-2,12(15)16)10-17-9-8-11-6-4-3-5-7-11/h3-7,14H,8-10H2,1-2H3,(H,15,16). The van der Waals surface area contributed by atoms with Gasteiger partial charge in [-0.1, -0.05) is 30.3 Å². The minimum absolute atomic E-state index is 0.158. The highest BCUT2D eigenvalue weighted by atomic mass is 16.5. The van der Waals surface area contributed by atoms with Crippen molar-refractivity contribution in [2.45, 2.75) is 18.9 Å². The van der Waals surface area contributed by atoms with Gasteiger partial charge >= 0.3 is 5.97 Å². The molecule has 0 heterocycles. The predicted molar refractivity (Wildman–Crippen MR) is 66.1 cm³/mol. The summed E-state index contributed by atoms with van der Waals surface area (Å²) < 4.78 is 5.41. The second-order valence-corrected chi connectivity index (χ2v) is 4.18. The molecule has 1 unspecified atom stereocenters. The van der Waals surface area contributed by atoms with Crippen LogP contribution in [-0.2, 0) is 16.0 Å². The van der Waals surface area contributed by atoms with Crippen LogP contribution in [0.25, 0.3) is 0 Å². The van der Waals surface area contributed by atoms with E-state index in [-0.39, 0.29) is 6.61 Å². The molecule has 0 saturated heterocycles. The summed E-state index contributed by atoms with van der Waals surface area (Å²) in [5.74, 6) is -0.903. The quantitative estimate of drug-likeness (QED) is 0.702. The maximum Gasteiger partial charge on any atom is 0.326 e. The van der Waals surface area contributed by atoms with E-state index in [0.29, 0.717) is 6.61 Å². The lowest BCUT2D eigenvalue weighted by molar-refractivity contribution is -0.146. The summed E-state index contributed by atoms with van der Waals surface area (Å²) in [4.78, 5) is 11.0. The van der Waals surface area contributed by atoms with Gasteiger partial charge in [-0.3, -0.25) is 4.79 Å². The fourth-order valence-corrected chi connectivity index (χ4v) is 1.35. The number of hydrogen-bond donors (Lipinski definition) is 2. The van der Waals surface area contributed by atoms with E-state index in [4.69, 9.17) is 9.84 Å². The number of likely N-dealkylation sites (N-methyl/N-ethyl adjacent to an activating group) is 1. The lowest BCUT2D eigenvalue weighted by atomic mass is 10.1. The summed E-state index contributed by atoms with van der Waals surface area (Å²) in [5, 5.41) is 11.8. The molecule has 0 bridgehead atoms. The summed E-state index contributed by atoms with van der Waals surface area (Å²) in [6, 6.07) is 9.97. The topological polar surface area (TPSA) is 58.6 Å². The second-order valence-electron chi connectivity index (χ2n) is 4.18. The van der Waals surface area contributed by atoms with Crippen LogP contribution in [0.1, 0.15) is 12.5 Å². The Balaban J connectivity index is 2.31.